The molecule has 1 aliphatic carbocycles. The second-order valence-electron chi connectivity index (χ2n) is 19.4. The van der Waals surface area contributed by atoms with E-state index in [-0.39, 0.29) is 36.6 Å². The van der Waals surface area contributed by atoms with Crippen LogP contribution in [0.2, 0.25) is 0 Å². The molecular weight excluding hydrogens is 813 g/mol. The van der Waals surface area contributed by atoms with E-state index in [1.54, 1.807) is 6.08 Å². The first-order valence-corrected chi connectivity index (χ1v) is 24.1. The molecule has 5 heterocycles. The molecule has 0 aromatic rings. The average Bonchev–Trinajstić information content (AvgIpc) is 4.02. The van der Waals surface area contributed by atoms with Crippen LogP contribution in [-0.2, 0) is 23.9 Å². The lowest BCUT2D eigenvalue weighted by Crippen LogP contribution is -2.26. The van der Waals surface area contributed by atoms with E-state index >= 15 is 0 Å². The summed E-state index contributed by atoms with van der Waals surface area (Å²) in [7, 11) is 1.29. The molecule has 0 spiro atoms. The number of allylic oxidation sites excluding steroid dienone is 12. The minimum absolute atomic E-state index is 0.139. The van der Waals surface area contributed by atoms with Crippen molar-refractivity contribution in [1.29, 1.82) is 0 Å². The normalized spacial score (nSPS) is 23.2. The highest BCUT2D eigenvalue weighted by molar-refractivity contribution is 6.42. The quantitative estimate of drug-likeness (QED) is 0.0537. The highest BCUT2D eigenvalue weighted by Gasteiger charge is 2.52. The molecule has 6 rings (SSSR count). The van der Waals surface area contributed by atoms with Gasteiger partial charge < -0.3 is 19.9 Å². The Kier molecular flexibility index (Phi) is 16.4. The van der Waals surface area contributed by atoms with Crippen LogP contribution in [0.3, 0.4) is 0 Å². The van der Waals surface area contributed by atoms with Crippen molar-refractivity contribution in [2.45, 2.75) is 139 Å². The smallest absolute Gasteiger partial charge is 0.321 e. The Labute approximate surface area is 387 Å². The summed E-state index contributed by atoms with van der Waals surface area (Å²) in [6.45, 7) is 23.7. The van der Waals surface area contributed by atoms with Gasteiger partial charge in [0.25, 0.3) is 0 Å². The van der Waals surface area contributed by atoms with Crippen LogP contribution in [-0.4, -0.2) is 53.7 Å². The topological polar surface area (TPSA) is 139 Å². The number of hydrogen-bond donors (Lipinski definition) is 2. The fourth-order valence-corrected chi connectivity index (χ4v) is 10.1. The van der Waals surface area contributed by atoms with Gasteiger partial charge >= 0.3 is 11.9 Å². The third kappa shape index (κ3) is 10.8. The minimum atomic E-state index is -1.23. The number of nitrogens with zero attached hydrogens (tertiary/aromatic N) is 3. The van der Waals surface area contributed by atoms with Crippen molar-refractivity contribution in [3.63, 3.8) is 0 Å². The second-order valence-corrected chi connectivity index (χ2v) is 19.4. The number of esters is 2. The molecule has 0 unspecified atom stereocenters. The SMILES string of the molecule is C=CC1=C(C)C2=NC1=CC1=NC(=C(CC)C1=CO)C=C1N=C3C(=C1C)C(=O)[C@H](C(=O)OC)C3=C1NC(=C2)[C@@H](C)[C@@H]1CCC(=O)OCC=C(C)CCC[C@H](C)CCC[C@H](C)CCCC(C)C. The summed E-state index contributed by atoms with van der Waals surface area (Å²) in [6.07, 6.45) is 22.9. The van der Waals surface area contributed by atoms with Crippen LogP contribution in [0.5, 0.6) is 0 Å². The number of nitrogens with one attached hydrogen (secondary N) is 1. The van der Waals surface area contributed by atoms with Crippen molar-refractivity contribution < 1.29 is 29.0 Å². The molecule has 2 fully saturated rings. The maximum Gasteiger partial charge on any atom is 0.321 e. The third-order valence-electron chi connectivity index (χ3n) is 14.2. The molecule has 8 bridgehead atoms. The van der Waals surface area contributed by atoms with E-state index in [0.29, 0.717) is 81.0 Å². The molecule has 1 saturated carbocycles. The van der Waals surface area contributed by atoms with E-state index in [0.717, 1.165) is 53.4 Å². The van der Waals surface area contributed by atoms with Crippen LogP contribution in [0.4, 0.5) is 0 Å². The van der Waals surface area contributed by atoms with E-state index in [2.05, 4.69) is 53.4 Å². The van der Waals surface area contributed by atoms with Gasteiger partial charge in [-0.2, -0.15) is 0 Å². The lowest BCUT2D eigenvalue weighted by Gasteiger charge is -2.19. The fraction of sp³-hybridized carbons (Fsp3) is 0.527. The number of carbonyl (C=O) groups is 3. The summed E-state index contributed by atoms with van der Waals surface area (Å²) in [4.78, 5) is 56.5. The van der Waals surface area contributed by atoms with Gasteiger partial charge in [0.2, 0.25) is 0 Å². The van der Waals surface area contributed by atoms with Crippen LogP contribution in [0.15, 0.2) is 131 Å². The van der Waals surface area contributed by atoms with E-state index in [4.69, 9.17) is 24.5 Å². The Hall–Kier alpha value is -5.38. The average molecular weight is 885 g/mol. The molecule has 0 radical (unpaired) electrons. The third-order valence-corrected chi connectivity index (χ3v) is 14.2. The molecular formula is C55H72N4O6. The van der Waals surface area contributed by atoms with Crippen LogP contribution in [0, 0.1) is 35.5 Å². The summed E-state index contributed by atoms with van der Waals surface area (Å²) >= 11 is 0. The van der Waals surface area contributed by atoms with Crippen molar-refractivity contribution >= 4 is 34.9 Å². The van der Waals surface area contributed by atoms with Gasteiger partial charge in [-0.05, 0) is 105 Å². The number of aliphatic imine (C=N–C) groups is 3. The van der Waals surface area contributed by atoms with Crippen molar-refractivity contribution in [3.05, 3.63) is 116 Å². The number of ether oxygens (including phenoxy) is 2. The van der Waals surface area contributed by atoms with Crippen LogP contribution < -0.4 is 5.32 Å². The van der Waals surface area contributed by atoms with Gasteiger partial charge in [-0.15, -0.1) is 0 Å². The highest BCUT2D eigenvalue weighted by Crippen LogP contribution is 2.47. The number of methoxy groups -OCH3 is 1. The minimum Gasteiger partial charge on any atom is -0.515 e. The number of rotatable bonds is 20. The molecule has 1 saturated heterocycles. The maximum absolute atomic E-state index is 14.4. The Morgan fingerprint density at radius 3 is 2.25 bits per heavy atom. The molecule has 2 N–H and O–H groups in total. The highest BCUT2D eigenvalue weighted by atomic mass is 16.5. The van der Waals surface area contributed by atoms with Gasteiger partial charge in [-0.25, -0.2) is 15.0 Å². The Bertz CT molecular complexity index is 2350. The van der Waals surface area contributed by atoms with Gasteiger partial charge in [0.05, 0.1) is 47.6 Å². The molecule has 0 aromatic heterocycles. The lowest BCUT2D eigenvalue weighted by atomic mass is 9.85. The zero-order chi connectivity index (χ0) is 47.1. The first-order chi connectivity index (χ1) is 31.1. The number of Topliss-reactive ketones (excluding diaryl/α,β-unsaturated/α-hetero) is 1. The zero-order valence-electron chi connectivity index (χ0n) is 40.7. The number of carbonyl (C=O) groups excluding carboxylic acids is 3. The lowest BCUT2D eigenvalue weighted by molar-refractivity contribution is -0.146. The Morgan fingerprint density at radius 1 is 0.908 bits per heavy atom. The predicted octanol–water partition coefficient (Wildman–Crippen LogP) is 12.1. The first-order valence-electron chi connectivity index (χ1n) is 24.1. The van der Waals surface area contributed by atoms with Crippen LogP contribution in [0.25, 0.3) is 0 Å². The molecule has 348 valence electrons. The van der Waals surface area contributed by atoms with Crippen molar-refractivity contribution in [2.75, 3.05) is 13.7 Å². The Balaban J connectivity index is 1.21. The number of fused-ring (bicyclic) bond motifs is 5. The van der Waals surface area contributed by atoms with E-state index < -0.39 is 11.9 Å². The second kappa shape index (κ2) is 21.7. The number of aliphatic hydroxyl groups is 1. The molecule has 0 amide bonds. The summed E-state index contributed by atoms with van der Waals surface area (Å²) < 4.78 is 11.0. The van der Waals surface area contributed by atoms with Gasteiger partial charge in [-0.3, -0.25) is 14.4 Å². The van der Waals surface area contributed by atoms with Crippen LogP contribution >= 0.6 is 0 Å². The van der Waals surface area contributed by atoms with Gasteiger partial charge in [0.15, 0.2) is 5.78 Å². The van der Waals surface area contributed by atoms with Gasteiger partial charge in [0, 0.05) is 51.9 Å². The summed E-state index contributed by atoms with van der Waals surface area (Å²) in [5, 5.41) is 14.1. The first kappa shape index (κ1) is 49.1. The van der Waals surface area contributed by atoms with E-state index in [9.17, 15) is 19.5 Å². The monoisotopic (exact) mass is 885 g/mol. The standard InChI is InChI=1S/C55H72N4O6/c1-12-38-35(8)42-27-43-36(9)40(23-24-48(61)65-26-25-34(7)22-16-21-33(6)20-15-19-32(5)18-14-17-31(3)4)52(58-43)50-51(55(63)64-11)54(62)49-37(10)44(59-53(49)50)28-46-39(13-2)41(30-60)47(57-46)29-45(38)56-42/h12,25,27-33,36,40,51,58,60H,1,13-24,26H2,2-11H3/t32-,33-,36+,40+,51-/m1/s1. The van der Waals surface area contributed by atoms with Crippen molar-refractivity contribution in [3.8, 4) is 0 Å². The van der Waals surface area contributed by atoms with Crippen molar-refractivity contribution in [2.24, 2.45) is 50.5 Å². The molecule has 6 aliphatic rings. The predicted molar refractivity (Wildman–Crippen MR) is 262 cm³/mol. The molecule has 10 nitrogen and oxygen atoms in total. The maximum atomic E-state index is 14.4. The fourth-order valence-electron chi connectivity index (χ4n) is 10.1. The van der Waals surface area contributed by atoms with E-state index in [1.165, 1.54) is 57.6 Å². The van der Waals surface area contributed by atoms with Crippen LogP contribution in [0.1, 0.15) is 139 Å². The number of aliphatic hydroxyl groups excluding tert-OH is 1. The molecule has 65 heavy (non-hydrogen) atoms. The number of ketones is 1. The Morgan fingerprint density at radius 2 is 1.60 bits per heavy atom. The summed E-state index contributed by atoms with van der Waals surface area (Å²) in [6, 6.07) is 0. The summed E-state index contributed by atoms with van der Waals surface area (Å²) in [5.41, 5.74) is 10.9. The molecule has 5 atom stereocenters. The number of hydrogen-bond acceptors (Lipinski definition) is 10. The van der Waals surface area contributed by atoms with Gasteiger partial charge in [0.1, 0.15) is 12.5 Å². The molecule has 0 aromatic carbocycles. The largest absolute Gasteiger partial charge is 0.515 e. The molecule has 10 heteroatoms. The zero-order valence-corrected chi connectivity index (χ0v) is 40.7. The molecule has 5 aliphatic heterocycles. The summed E-state index contributed by atoms with van der Waals surface area (Å²) in [5.74, 6) is -0.732. The van der Waals surface area contributed by atoms with E-state index in [1.807, 2.05) is 45.1 Å². The van der Waals surface area contributed by atoms with Crippen molar-refractivity contribution in [1.82, 2.24) is 5.32 Å². The van der Waals surface area contributed by atoms with Gasteiger partial charge in [-0.1, -0.05) is 105 Å².